The van der Waals surface area contributed by atoms with Crippen LogP contribution in [0.3, 0.4) is 0 Å². The van der Waals surface area contributed by atoms with E-state index in [-0.39, 0.29) is 11.7 Å². The van der Waals surface area contributed by atoms with Gasteiger partial charge >= 0.3 is 176 Å². The van der Waals surface area contributed by atoms with Crippen LogP contribution in [0.25, 0.3) is 0 Å². The molecule has 1 aromatic rings. The summed E-state index contributed by atoms with van der Waals surface area (Å²) in [6.45, 7) is 2.72. The van der Waals surface area contributed by atoms with E-state index in [1.54, 1.807) is 18.2 Å². The molecule has 1 aromatic carbocycles. The van der Waals surface area contributed by atoms with E-state index >= 15 is 0 Å². The van der Waals surface area contributed by atoms with Crippen LogP contribution < -0.4 is 10.1 Å². The van der Waals surface area contributed by atoms with Crippen molar-refractivity contribution in [1.82, 2.24) is 5.32 Å². The number of carbonyl (C=O) groups is 1. The Balaban J connectivity index is 1.87. The Morgan fingerprint density at radius 3 is 2.32 bits per heavy atom. The number of nitrogens with one attached hydrogen (secondary N) is 1. The van der Waals surface area contributed by atoms with Gasteiger partial charge in [-0.15, -0.1) is 0 Å². The molecule has 1 rings (SSSR count). The van der Waals surface area contributed by atoms with Crippen LogP contribution >= 0.6 is 0 Å². The summed E-state index contributed by atoms with van der Waals surface area (Å²) in [6, 6.07) is 5.15. The summed E-state index contributed by atoms with van der Waals surface area (Å²) in [7, 11) is 1.52. The average molecular weight is 537 g/mol. The van der Waals surface area contributed by atoms with Gasteiger partial charge in [0.05, 0.1) is 0 Å². The van der Waals surface area contributed by atoms with Crippen LogP contribution in [0.1, 0.15) is 96.0 Å². The second kappa shape index (κ2) is 21.8. The van der Waals surface area contributed by atoms with Crippen LogP contribution in [0, 0.1) is 0 Å². The Morgan fingerprint density at radius 2 is 1.62 bits per heavy atom. The molecule has 1 amide bonds. The molecule has 4 nitrogen and oxygen atoms in total. The normalized spacial score (nSPS) is 11.5. The number of amides is 1. The number of rotatable bonds is 21. The van der Waals surface area contributed by atoms with Crippen LogP contribution in [0.15, 0.2) is 42.5 Å². The zero-order valence-electron chi connectivity index (χ0n) is 21.5. The quantitative estimate of drug-likeness (QED) is 0.0959. The van der Waals surface area contributed by atoms with Crippen molar-refractivity contribution in [2.75, 3.05) is 7.11 Å². The topological polar surface area (TPSA) is 58.6 Å². The Morgan fingerprint density at radius 1 is 0.941 bits per heavy atom. The van der Waals surface area contributed by atoms with Crippen LogP contribution in [0.4, 0.5) is 0 Å². The number of hydrogen-bond donors (Lipinski definition) is 2. The maximum atomic E-state index is 12.0. The Bertz CT molecular complexity index is 703. The van der Waals surface area contributed by atoms with Crippen molar-refractivity contribution >= 4 is 20.9 Å². The fraction of sp³-hybridized carbons (Fsp3) is 0.621. The van der Waals surface area contributed by atoms with Gasteiger partial charge in [0.25, 0.3) is 0 Å². The maximum absolute atomic E-state index is 12.0. The molecule has 0 atom stereocenters. The van der Waals surface area contributed by atoms with Gasteiger partial charge in [-0.3, -0.25) is 0 Å². The molecule has 34 heavy (non-hydrogen) atoms. The van der Waals surface area contributed by atoms with Crippen molar-refractivity contribution in [1.29, 1.82) is 0 Å². The number of phenolic OH excluding ortho intramolecular Hbond substituents is 1. The molecule has 0 spiro atoms. The molecule has 0 heterocycles. The van der Waals surface area contributed by atoms with Gasteiger partial charge < -0.3 is 0 Å². The first kappa shape index (κ1) is 30.3. The molecule has 0 radical (unpaired) electrons. The number of benzene rings is 1. The van der Waals surface area contributed by atoms with Gasteiger partial charge in [0.15, 0.2) is 0 Å². The van der Waals surface area contributed by atoms with Crippen LogP contribution in [-0.4, -0.2) is 33.1 Å². The zero-order valence-corrected chi connectivity index (χ0v) is 23.2. The van der Waals surface area contributed by atoms with E-state index in [2.05, 4.69) is 36.5 Å². The molecule has 0 fully saturated rings. The van der Waals surface area contributed by atoms with Crippen molar-refractivity contribution in [3.05, 3.63) is 48.1 Å². The van der Waals surface area contributed by atoms with Crippen LogP contribution in [-0.2, 0) is 11.3 Å². The molecule has 5 heteroatoms. The molecule has 0 saturated carbocycles. The molecule has 0 saturated heterocycles. The van der Waals surface area contributed by atoms with Crippen molar-refractivity contribution in [3.63, 3.8) is 0 Å². The number of ether oxygens (including phenoxy) is 1. The van der Waals surface area contributed by atoms with Crippen molar-refractivity contribution < 1.29 is 14.6 Å². The summed E-state index contributed by atoms with van der Waals surface area (Å²) in [5.74, 6) is 0.652. The summed E-state index contributed by atoms with van der Waals surface area (Å²) in [5, 5.41) is 14.9. The molecule has 0 bridgehead atoms. The van der Waals surface area contributed by atoms with E-state index in [0.717, 1.165) is 17.3 Å². The van der Waals surface area contributed by atoms with Gasteiger partial charge in [-0.25, -0.2) is 0 Å². The zero-order chi connectivity index (χ0) is 24.7. The van der Waals surface area contributed by atoms with E-state index in [4.69, 9.17) is 4.74 Å². The first-order chi connectivity index (χ1) is 16.7. The molecular formula is C29H47NO3Se. The summed E-state index contributed by atoms with van der Waals surface area (Å²) in [4.78, 5) is 12.0. The minimum absolute atomic E-state index is 0.103. The molecule has 192 valence electrons. The number of aromatic hydroxyl groups is 1. The average Bonchev–Trinajstić information content (AvgIpc) is 2.85. The fourth-order valence-electron chi connectivity index (χ4n) is 3.58. The van der Waals surface area contributed by atoms with Gasteiger partial charge in [-0.1, -0.05) is 25.8 Å². The van der Waals surface area contributed by atoms with Crippen molar-refractivity contribution in [2.45, 2.75) is 108 Å². The number of phenols is 1. The van der Waals surface area contributed by atoms with Gasteiger partial charge in [0.2, 0.25) is 0 Å². The second-order valence-electron chi connectivity index (χ2n) is 8.73. The third-order valence-corrected chi connectivity index (χ3v) is 7.94. The SMILES string of the molecule is CCCCC/C=C\C/C=C\CCCCCCCC[Se]CCC(=O)NCc1ccc(O)c(OC)c1. The predicted octanol–water partition coefficient (Wildman–Crippen LogP) is 7.76. The third-order valence-electron chi connectivity index (χ3n) is 5.70. The third kappa shape index (κ3) is 16.8. The molecule has 0 aliphatic heterocycles. The number of carbonyl (C=O) groups excluding carboxylic acids is 1. The van der Waals surface area contributed by atoms with E-state index < -0.39 is 0 Å². The second-order valence-corrected chi connectivity index (χ2v) is 11.3. The first-order valence-corrected chi connectivity index (χ1v) is 15.6. The summed E-state index contributed by atoms with van der Waals surface area (Å²) >= 11 is 0.564. The molecule has 0 aromatic heterocycles. The Hall–Kier alpha value is -1.71. The Kier molecular flexibility index (Phi) is 19.4. The van der Waals surface area contributed by atoms with Crippen LogP contribution in [0.2, 0.25) is 10.6 Å². The van der Waals surface area contributed by atoms with Crippen molar-refractivity contribution in [2.24, 2.45) is 0 Å². The van der Waals surface area contributed by atoms with E-state index in [1.165, 1.54) is 83.1 Å². The van der Waals surface area contributed by atoms with E-state index in [0.29, 0.717) is 33.7 Å². The fourth-order valence-corrected chi connectivity index (χ4v) is 5.56. The minimum atomic E-state index is 0.103. The van der Waals surface area contributed by atoms with Crippen LogP contribution in [0.5, 0.6) is 11.5 Å². The molecule has 2 N–H and O–H groups in total. The molecule has 0 aliphatic rings. The number of hydrogen-bond acceptors (Lipinski definition) is 3. The van der Waals surface area contributed by atoms with E-state index in [1.807, 2.05) is 0 Å². The van der Waals surface area contributed by atoms with Gasteiger partial charge in [-0.05, 0) is 12.8 Å². The first-order valence-electron chi connectivity index (χ1n) is 13.2. The Labute approximate surface area is 214 Å². The number of methoxy groups -OCH3 is 1. The van der Waals surface area contributed by atoms with Gasteiger partial charge in [0, 0.05) is 0 Å². The monoisotopic (exact) mass is 537 g/mol. The standard InChI is InChI=1S/C29H47NO3Se/c1-3-4-5-6-7-8-9-10-11-12-13-14-15-16-17-18-22-34-23-21-29(32)30-25-26-19-20-27(31)28(24-26)33-2/h7-8,10-11,19-20,24,31H,3-6,9,12-18,21-23,25H2,1-2H3,(H,30,32)/b8-7-,11-10-. The summed E-state index contributed by atoms with van der Waals surface area (Å²) in [5.41, 5.74) is 0.926. The van der Waals surface area contributed by atoms with E-state index in [9.17, 15) is 9.90 Å². The molecule has 0 aliphatic carbocycles. The molecular weight excluding hydrogens is 489 g/mol. The number of allylic oxidation sites excluding steroid dienone is 4. The predicted molar refractivity (Wildman–Crippen MR) is 146 cm³/mol. The summed E-state index contributed by atoms with van der Waals surface area (Å²) in [6.07, 6.45) is 25.4. The van der Waals surface area contributed by atoms with Gasteiger partial charge in [0.1, 0.15) is 0 Å². The number of unbranched alkanes of at least 4 members (excludes halogenated alkanes) is 9. The van der Waals surface area contributed by atoms with Crippen molar-refractivity contribution in [3.8, 4) is 11.5 Å². The summed E-state index contributed by atoms with van der Waals surface area (Å²) < 4.78 is 5.10. The molecule has 0 unspecified atom stereocenters. The van der Waals surface area contributed by atoms with Gasteiger partial charge in [-0.2, -0.15) is 0 Å².